The molecule has 2 heterocycles. The molecule has 1 aliphatic rings. The first-order chi connectivity index (χ1) is 16.3. The van der Waals surface area contributed by atoms with Gasteiger partial charge in [0, 0.05) is 43.0 Å². The second-order valence-electron chi connectivity index (χ2n) is 9.52. The van der Waals surface area contributed by atoms with Crippen LogP contribution in [0.15, 0.2) is 47.4 Å². The zero-order valence-electron chi connectivity index (χ0n) is 20.5. The minimum absolute atomic E-state index is 0.0700. The molecule has 3 aromatic rings. The number of hydrogen-bond acceptors (Lipinski definition) is 7. The van der Waals surface area contributed by atoms with Crippen molar-refractivity contribution < 1.29 is 5.11 Å². The van der Waals surface area contributed by atoms with Crippen LogP contribution in [-0.4, -0.2) is 50.0 Å². The first-order valence-electron chi connectivity index (χ1n) is 12.0. The third kappa shape index (κ3) is 5.12. The number of benzene rings is 1. The van der Waals surface area contributed by atoms with E-state index in [1.54, 1.807) is 31.4 Å². The van der Waals surface area contributed by atoms with E-state index < -0.39 is 0 Å². The number of anilines is 1. The highest BCUT2D eigenvalue weighted by molar-refractivity contribution is 5.73. The largest absolute Gasteiger partial charge is 0.507 e. The summed E-state index contributed by atoms with van der Waals surface area (Å²) < 4.78 is 1.40. The first kappa shape index (κ1) is 23.9. The van der Waals surface area contributed by atoms with Crippen molar-refractivity contribution in [1.82, 2.24) is 25.1 Å². The van der Waals surface area contributed by atoms with Crippen LogP contribution in [0, 0.1) is 0 Å². The summed E-state index contributed by atoms with van der Waals surface area (Å²) in [6.45, 7) is 5.46. The number of nitrogens with one attached hydrogen (secondary N) is 1. The highest BCUT2D eigenvalue weighted by atomic mass is 16.3. The maximum Gasteiger partial charge on any atom is 0.347 e. The molecule has 1 saturated carbocycles. The van der Waals surface area contributed by atoms with E-state index in [1.165, 1.54) is 23.8 Å². The summed E-state index contributed by atoms with van der Waals surface area (Å²) in [5, 5.41) is 23.2. The van der Waals surface area contributed by atoms with Crippen LogP contribution in [0.3, 0.4) is 0 Å². The predicted molar refractivity (Wildman–Crippen MR) is 135 cm³/mol. The third-order valence-electron chi connectivity index (χ3n) is 6.91. The van der Waals surface area contributed by atoms with Crippen LogP contribution < -0.4 is 15.9 Å². The SMILES string of the molecule is CCN[C@@]1(C)CCCC[C@@H](N(C)c2ccc(-c3ccc(-c4ccn(C)c(=O)n4)cc3O)nn2)C1. The molecule has 8 heteroatoms. The molecule has 0 spiro atoms. The van der Waals surface area contributed by atoms with Gasteiger partial charge in [-0.2, -0.15) is 4.98 Å². The van der Waals surface area contributed by atoms with Gasteiger partial charge in [-0.1, -0.05) is 25.8 Å². The lowest BCUT2D eigenvalue weighted by Crippen LogP contribution is -2.47. The molecule has 4 rings (SSSR count). The number of phenols is 1. The molecule has 0 unspecified atom stereocenters. The summed E-state index contributed by atoms with van der Waals surface area (Å²) in [4.78, 5) is 18.1. The van der Waals surface area contributed by atoms with Gasteiger partial charge < -0.3 is 19.9 Å². The Labute approximate surface area is 200 Å². The van der Waals surface area contributed by atoms with Gasteiger partial charge in [-0.15, -0.1) is 10.2 Å². The normalized spacial score (nSPS) is 20.6. The van der Waals surface area contributed by atoms with E-state index in [4.69, 9.17) is 0 Å². The van der Waals surface area contributed by atoms with Crippen molar-refractivity contribution in [2.45, 2.75) is 57.5 Å². The Morgan fingerprint density at radius 1 is 1.18 bits per heavy atom. The number of aryl methyl sites for hydroxylation is 1. The van der Waals surface area contributed by atoms with E-state index in [1.807, 2.05) is 18.2 Å². The van der Waals surface area contributed by atoms with Crippen LogP contribution in [-0.2, 0) is 7.05 Å². The molecule has 2 N–H and O–H groups in total. The minimum Gasteiger partial charge on any atom is -0.507 e. The molecule has 0 amide bonds. The molecular weight excluding hydrogens is 428 g/mol. The molecule has 1 aromatic carbocycles. The lowest BCUT2D eigenvalue weighted by atomic mass is 9.90. The van der Waals surface area contributed by atoms with Gasteiger partial charge in [0.1, 0.15) is 5.75 Å². The number of nitrogens with zero attached hydrogens (tertiary/aromatic N) is 5. The second-order valence-corrected chi connectivity index (χ2v) is 9.52. The Kier molecular flexibility index (Phi) is 6.97. The second kappa shape index (κ2) is 9.93. The zero-order valence-corrected chi connectivity index (χ0v) is 20.5. The molecule has 180 valence electrons. The van der Waals surface area contributed by atoms with Gasteiger partial charge in [-0.25, -0.2) is 4.79 Å². The average molecular weight is 463 g/mol. The van der Waals surface area contributed by atoms with Crippen LogP contribution >= 0.6 is 0 Å². The summed E-state index contributed by atoms with van der Waals surface area (Å²) in [7, 11) is 3.74. The molecule has 8 nitrogen and oxygen atoms in total. The Morgan fingerprint density at radius 3 is 2.68 bits per heavy atom. The van der Waals surface area contributed by atoms with E-state index in [0.717, 1.165) is 25.2 Å². The van der Waals surface area contributed by atoms with Crippen molar-refractivity contribution in [3.8, 4) is 28.3 Å². The summed E-state index contributed by atoms with van der Waals surface area (Å²) >= 11 is 0. The molecule has 0 saturated heterocycles. The van der Waals surface area contributed by atoms with Crippen LogP contribution in [0.2, 0.25) is 0 Å². The van der Waals surface area contributed by atoms with E-state index in [2.05, 4.69) is 46.3 Å². The van der Waals surface area contributed by atoms with Gasteiger partial charge in [0.05, 0.1) is 11.4 Å². The van der Waals surface area contributed by atoms with Crippen molar-refractivity contribution in [3.63, 3.8) is 0 Å². The lowest BCUT2D eigenvalue weighted by molar-refractivity contribution is 0.304. The monoisotopic (exact) mass is 462 g/mol. The summed E-state index contributed by atoms with van der Waals surface area (Å²) in [5.41, 5.74) is 2.16. The standard InChI is InChI=1S/C26H34N6O2/c1-5-27-26(2)14-7-6-8-19(17-26)32(4)24-12-11-22(29-30-24)20-10-9-18(16-23(20)33)21-13-15-31(3)25(34)28-21/h9-13,15-16,19,27,33H,5-8,14,17H2,1-4H3/t19-,26+/m1/s1. The van der Waals surface area contributed by atoms with Crippen LogP contribution in [0.5, 0.6) is 5.75 Å². The Bertz CT molecular complexity index is 1190. The number of aromatic hydroxyl groups is 1. The molecule has 1 fully saturated rings. The molecule has 0 bridgehead atoms. The Hall–Kier alpha value is -3.26. The van der Waals surface area contributed by atoms with Gasteiger partial charge in [0.2, 0.25) is 0 Å². The average Bonchev–Trinajstić information content (AvgIpc) is 3.02. The quantitative estimate of drug-likeness (QED) is 0.539. The Balaban J connectivity index is 1.53. The van der Waals surface area contributed by atoms with Crippen molar-refractivity contribution >= 4 is 5.82 Å². The number of phenolic OH excluding ortho intramolecular Hbond substituents is 1. The van der Waals surface area contributed by atoms with Gasteiger partial charge in [-0.05, 0) is 63.1 Å². The van der Waals surface area contributed by atoms with Crippen LogP contribution in [0.25, 0.3) is 22.5 Å². The molecule has 1 aliphatic carbocycles. The highest BCUT2D eigenvalue weighted by Crippen LogP contribution is 2.33. The lowest BCUT2D eigenvalue weighted by Gasteiger charge is -2.36. The van der Waals surface area contributed by atoms with Crippen LogP contribution in [0.4, 0.5) is 5.82 Å². The van der Waals surface area contributed by atoms with E-state index >= 15 is 0 Å². The summed E-state index contributed by atoms with van der Waals surface area (Å²) in [5.74, 6) is 0.899. The van der Waals surface area contributed by atoms with Crippen molar-refractivity contribution in [2.75, 3.05) is 18.5 Å². The minimum atomic E-state index is -0.342. The third-order valence-corrected chi connectivity index (χ3v) is 6.91. The van der Waals surface area contributed by atoms with Gasteiger partial charge in [0.15, 0.2) is 5.82 Å². The maximum absolute atomic E-state index is 11.8. The summed E-state index contributed by atoms with van der Waals surface area (Å²) in [6.07, 6.45) is 7.51. The molecule has 0 aliphatic heterocycles. The van der Waals surface area contributed by atoms with Gasteiger partial charge >= 0.3 is 5.69 Å². The summed E-state index contributed by atoms with van der Waals surface area (Å²) in [6, 6.07) is 11.2. The number of aromatic nitrogens is 4. The maximum atomic E-state index is 11.8. The Morgan fingerprint density at radius 2 is 2.00 bits per heavy atom. The van der Waals surface area contributed by atoms with Crippen molar-refractivity contribution in [3.05, 3.63) is 53.1 Å². The fraction of sp³-hybridized carbons (Fsp3) is 0.462. The van der Waals surface area contributed by atoms with E-state index in [0.29, 0.717) is 28.6 Å². The fourth-order valence-corrected chi connectivity index (χ4v) is 4.91. The van der Waals surface area contributed by atoms with Crippen LogP contribution in [0.1, 0.15) is 46.0 Å². The number of rotatable bonds is 6. The predicted octanol–water partition coefficient (Wildman–Crippen LogP) is 3.75. The molecular formula is C26H34N6O2. The van der Waals surface area contributed by atoms with Gasteiger partial charge in [0.25, 0.3) is 0 Å². The van der Waals surface area contributed by atoms with E-state index in [9.17, 15) is 9.90 Å². The van der Waals surface area contributed by atoms with E-state index in [-0.39, 0.29) is 17.0 Å². The highest BCUT2D eigenvalue weighted by Gasteiger charge is 2.32. The molecule has 2 aromatic heterocycles. The fourth-order valence-electron chi connectivity index (χ4n) is 4.91. The zero-order chi connectivity index (χ0) is 24.3. The van der Waals surface area contributed by atoms with Crippen molar-refractivity contribution in [2.24, 2.45) is 7.05 Å². The van der Waals surface area contributed by atoms with Crippen molar-refractivity contribution in [1.29, 1.82) is 0 Å². The molecule has 0 radical (unpaired) electrons. The first-order valence-corrected chi connectivity index (χ1v) is 12.0. The van der Waals surface area contributed by atoms with Gasteiger partial charge in [-0.3, -0.25) is 0 Å². The topological polar surface area (TPSA) is 96.2 Å². The number of hydrogen-bond donors (Lipinski definition) is 2. The smallest absolute Gasteiger partial charge is 0.347 e. The molecule has 34 heavy (non-hydrogen) atoms. The molecule has 2 atom stereocenters.